The maximum atomic E-state index is 12.3. The predicted octanol–water partition coefficient (Wildman–Crippen LogP) is 3.03. The van der Waals surface area contributed by atoms with Gasteiger partial charge in [-0.2, -0.15) is 0 Å². The van der Waals surface area contributed by atoms with Crippen LogP contribution in [0.3, 0.4) is 0 Å². The average molecular weight is 345 g/mol. The van der Waals surface area contributed by atoms with Gasteiger partial charge in [0.15, 0.2) is 0 Å². The third kappa shape index (κ3) is 4.82. The Kier molecular flexibility index (Phi) is 6.08. The van der Waals surface area contributed by atoms with Gasteiger partial charge in [0.25, 0.3) is 0 Å². The molecule has 3 rings (SSSR count). The highest BCUT2D eigenvalue weighted by molar-refractivity contribution is 5.83. The van der Waals surface area contributed by atoms with Crippen LogP contribution in [0.25, 0.3) is 0 Å². The van der Waals surface area contributed by atoms with Crippen LogP contribution in [0.15, 0.2) is 24.3 Å². The van der Waals surface area contributed by atoms with Crippen LogP contribution in [0.2, 0.25) is 0 Å². The molecule has 2 N–H and O–H groups in total. The summed E-state index contributed by atoms with van der Waals surface area (Å²) in [4.78, 5) is 23.9. The highest BCUT2D eigenvalue weighted by Gasteiger charge is 2.29. The number of aliphatic carboxylic acids is 1. The summed E-state index contributed by atoms with van der Waals surface area (Å²) >= 11 is 0. The third-order valence-corrected chi connectivity index (χ3v) is 5.33. The van der Waals surface area contributed by atoms with Crippen molar-refractivity contribution in [3.8, 4) is 0 Å². The molecular weight excluding hydrogens is 318 g/mol. The lowest BCUT2D eigenvalue weighted by Crippen LogP contribution is -2.43. The molecule has 1 amide bonds. The number of carboxylic acids is 1. The Hall–Kier alpha value is -1.88. The Labute approximate surface area is 148 Å². The molecule has 136 valence electrons. The highest BCUT2D eigenvalue weighted by Crippen LogP contribution is 2.34. The van der Waals surface area contributed by atoms with E-state index in [-0.39, 0.29) is 24.3 Å². The van der Waals surface area contributed by atoms with Crippen molar-refractivity contribution in [3.05, 3.63) is 35.4 Å². The van der Waals surface area contributed by atoms with Crippen molar-refractivity contribution in [1.29, 1.82) is 0 Å². The van der Waals surface area contributed by atoms with E-state index in [1.807, 2.05) is 12.1 Å². The minimum Gasteiger partial charge on any atom is -0.480 e. The molecule has 2 aliphatic rings. The second-order valence-corrected chi connectivity index (χ2v) is 7.17. The number of benzene rings is 1. The lowest BCUT2D eigenvalue weighted by Gasteiger charge is -2.28. The number of ether oxygens (including phenoxy) is 1. The van der Waals surface area contributed by atoms with Gasteiger partial charge in [-0.1, -0.05) is 24.3 Å². The molecule has 1 aromatic rings. The molecule has 1 heterocycles. The fraction of sp³-hybridized carbons (Fsp3) is 0.600. The predicted molar refractivity (Wildman–Crippen MR) is 94.5 cm³/mol. The van der Waals surface area contributed by atoms with E-state index in [1.165, 1.54) is 11.1 Å². The number of hydrogen-bond donors (Lipinski definition) is 2. The summed E-state index contributed by atoms with van der Waals surface area (Å²) < 4.78 is 5.58. The van der Waals surface area contributed by atoms with Gasteiger partial charge in [-0.15, -0.1) is 0 Å². The topological polar surface area (TPSA) is 75.6 Å². The van der Waals surface area contributed by atoms with Crippen LogP contribution in [0.4, 0.5) is 0 Å². The summed E-state index contributed by atoms with van der Waals surface area (Å²) in [7, 11) is 0. The zero-order valence-corrected chi connectivity index (χ0v) is 14.6. The molecular formula is C20H27NO4. The fourth-order valence-corrected chi connectivity index (χ4v) is 4.03. The highest BCUT2D eigenvalue weighted by atomic mass is 16.5. The molecule has 3 atom stereocenters. The molecule has 1 saturated heterocycles. The number of rotatable bonds is 6. The summed E-state index contributed by atoms with van der Waals surface area (Å²) in [6.45, 7) is 0.694. The number of hydrogen-bond acceptors (Lipinski definition) is 3. The maximum Gasteiger partial charge on any atom is 0.326 e. The zero-order valence-electron chi connectivity index (χ0n) is 14.6. The van der Waals surface area contributed by atoms with Crippen LogP contribution < -0.4 is 5.32 Å². The van der Waals surface area contributed by atoms with Gasteiger partial charge < -0.3 is 15.2 Å². The monoisotopic (exact) mass is 345 g/mol. The SMILES string of the molecule is O=C(CC1CCCCO1)NC(CC1CCCc2ccccc21)C(=O)O. The van der Waals surface area contributed by atoms with Gasteiger partial charge in [-0.3, -0.25) is 4.79 Å². The summed E-state index contributed by atoms with van der Waals surface area (Å²) in [5, 5.41) is 12.3. The van der Waals surface area contributed by atoms with Gasteiger partial charge in [-0.05, 0) is 62.0 Å². The lowest BCUT2D eigenvalue weighted by molar-refractivity contribution is -0.142. The maximum absolute atomic E-state index is 12.3. The van der Waals surface area contributed by atoms with Crippen LogP contribution in [0.1, 0.15) is 62.0 Å². The van der Waals surface area contributed by atoms with Crippen LogP contribution in [-0.2, 0) is 20.7 Å². The quantitative estimate of drug-likeness (QED) is 0.831. The van der Waals surface area contributed by atoms with Crippen molar-refractivity contribution in [2.75, 3.05) is 6.61 Å². The van der Waals surface area contributed by atoms with Gasteiger partial charge >= 0.3 is 5.97 Å². The molecule has 5 heteroatoms. The van der Waals surface area contributed by atoms with E-state index < -0.39 is 12.0 Å². The Morgan fingerprint density at radius 2 is 2.04 bits per heavy atom. The molecule has 1 aliphatic carbocycles. The van der Waals surface area contributed by atoms with Gasteiger partial charge in [0.1, 0.15) is 6.04 Å². The molecule has 0 saturated carbocycles. The van der Waals surface area contributed by atoms with E-state index in [4.69, 9.17) is 4.74 Å². The molecule has 3 unspecified atom stereocenters. The number of carbonyl (C=O) groups excluding carboxylic acids is 1. The molecule has 1 fully saturated rings. The van der Waals surface area contributed by atoms with Crippen LogP contribution in [-0.4, -0.2) is 35.7 Å². The van der Waals surface area contributed by atoms with E-state index in [9.17, 15) is 14.7 Å². The Balaban J connectivity index is 1.60. The molecule has 0 radical (unpaired) electrons. The number of carbonyl (C=O) groups is 2. The third-order valence-electron chi connectivity index (χ3n) is 5.33. The van der Waals surface area contributed by atoms with Gasteiger partial charge in [0.2, 0.25) is 5.91 Å². The smallest absolute Gasteiger partial charge is 0.326 e. The summed E-state index contributed by atoms with van der Waals surface area (Å²) in [6.07, 6.45) is 6.71. The Bertz CT molecular complexity index is 609. The first-order valence-electron chi connectivity index (χ1n) is 9.35. The van der Waals surface area contributed by atoms with Gasteiger partial charge in [0, 0.05) is 6.61 Å². The first-order valence-corrected chi connectivity index (χ1v) is 9.35. The molecule has 25 heavy (non-hydrogen) atoms. The second-order valence-electron chi connectivity index (χ2n) is 7.17. The molecule has 5 nitrogen and oxygen atoms in total. The van der Waals surface area contributed by atoms with Crippen LogP contribution in [0, 0.1) is 0 Å². The van der Waals surface area contributed by atoms with Crippen LogP contribution in [0.5, 0.6) is 0 Å². The van der Waals surface area contributed by atoms with Gasteiger partial charge in [-0.25, -0.2) is 4.79 Å². The summed E-state index contributed by atoms with van der Waals surface area (Å²) in [5.74, 6) is -0.985. The van der Waals surface area contributed by atoms with Crippen molar-refractivity contribution in [2.24, 2.45) is 0 Å². The lowest BCUT2D eigenvalue weighted by atomic mass is 9.79. The number of fused-ring (bicyclic) bond motifs is 1. The summed E-state index contributed by atoms with van der Waals surface area (Å²) in [6, 6.07) is 7.41. The second kappa shape index (κ2) is 8.48. The largest absolute Gasteiger partial charge is 0.480 e. The van der Waals surface area contributed by atoms with Crippen LogP contribution >= 0.6 is 0 Å². The van der Waals surface area contributed by atoms with E-state index in [0.717, 1.165) is 38.5 Å². The zero-order chi connectivity index (χ0) is 17.6. The molecule has 0 aromatic heterocycles. The fourth-order valence-electron chi connectivity index (χ4n) is 4.03. The molecule has 1 aromatic carbocycles. The minimum atomic E-state index is -0.957. The molecule has 0 bridgehead atoms. The van der Waals surface area contributed by atoms with Gasteiger partial charge in [0.05, 0.1) is 12.5 Å². The van der Waals surface area contributed by atoms with Crippen molar-refractivity contribution in [2.45, 2.75) is 69.4 Å². The van der Waals surface area contributed by atoms with E-state index in [0.29, 0.717) is 13.0 Å². The number of carboxylic acid groups (broad SMARTS) is 1. The van der Waals surface area contributed by atoms with Crippen molar-refractivity contribution in [1.82, 2.24) is 5.32 Å². The Morgan fingerprint density at radius 1 is 1.20 bits per heavy atom. The minimum absolute atomic E-state index is 0.0707. The molecule has 0 spiro atoms. The summed E-state index contributed by atoms with van der Waals surface area (Å²) in [5.41, 5.74) is 2.55. The first kappa shape index (κ1) is 17.9. The van der Waals surface area contributed by atoms with Crippen molar-refractivity contribution < 1.29 is 19.4 Å². The van der Waals surface area contributed by atoms with E-state index in [2.05, 4.69) is 17.4 Å². The standard InChI is InChI=1S/C20H27NO4/c22-19(13-16-9-3-4-11-25-16)21-18(20(23)24)12-15-8-5-7-14-6-1-2-10-17(14)15/h1-2,6,10,15-16,18H,3-5,7-9,11-13H2,(H,21,22)(H,23,24). The van der Waals surface area contributed by atoms with Crippen molar-refractivity contribution in [3.63, 3.8) is 0 Å². The first-order chi connectivity index (χ1) is 12.1. The van der Waals surface area contributed by atoms with E-state index >= 15 is 0 Å². The Morgan fingerprint density at radius 3 is 2.80 bits per heavy atom. The van der Waals surface area contributed by atoms with Crippen molar-refractivity contribution >= 4 is 11.9 Å². The number of nitrogens with one attached hydrogen (secondary N) is 1. The number of amides is 1. The molecule has 1 aliphatic heterocycles. The average Bonchev–Trinajstić information content (AvgIpc) is 2.62. The van der Waals surface area contributed by atoms with E-state index in [1.54, 1.807) is 0 Å². The normalized spacial score (nSPS) is 24.2. The number of aryl methyl sites for hydroxylation is 1.